The van der Waals surface area contributed by atoms with E-state index in [0.717, 1.165) is 29.5 Å². The standard InChI is InChI=1S/C21H32O5.C20H30O6/c1-15(2)8-9-17(16(3)4)10-19-20(25-13-22-5)11-18(24-7)12-21(19)26-14-23-6;1-14(2)7-8-16(15(3)21)9-18-19(25-12-22-4)10-17(24-6)11-20(18)26-13-23-5/h8,11-12,17H,3,9-10,13-14H2,1-2,4-7H3;7,10-11,16H,8-9,12-13H2,1-6H3. The number of allylic oxidation sites excluding steroid dienone is 5. The summed E-state index contributed by atoms with van der Waals surface area (Å²) in [7, 11) is 9.47. The summed E-state index contributed by atoms with van der Waals surface area (Å²) in [5.74, 6) is 3.97. The first-order chi connectivity index (χ1) is 24.8. The molecule has 2 atom stereocenters. The van der Waals surface area contributed by atoms with Gasteiger partial charge in [0, 0.05) is 69.7 Å². The summed E-state index contributed by atoms with van der Waals surface area (Å²) in [6, 6.07) is 7.24. The summed E-state index contributed by atoms with van der Waals surface area (Å²) < 4.78 is 53.9. The Labute approximate surface area is 311 Å². The molecule has 0 fully saturated rings. The van der Waals surface area contributed by atoms with Gasteiger partial charge in [0.15, 0.2) is 27.2 Å². The molecule has 0 aliphatic carbocycles. The summed E-state index contributed by atoms with van der Waals surface area (Å²) >= 11 is 0. The van der Waals surface area contributed by atoms with E-state index in [1.54, 1.807) is 61.7 Å². The first kappa shape index (κ1) is 46.0. The summed E-state index contributed by atoms with van der Waals surface area (Å²) in [5, 5.41) is 0. The molecule has 52 heavy (non-hydrogen) atoms. The lowest BCUT2D eigenvalue weighted by atomic mass is 9.89. The molecule has 0 bridgehead atoms. The van der Waals surface area contributed by atoms with Gasteiger partial charge in [0.2, 0.25) is 0 Å². The lowest BCUT2D eigenvalue weighted by Crippen LogP contribution is -2.16. The van der Waals surface area contributed by atoms with Crippen molar-refractivity contribution in [3.63, 3.8) is 0 Å². The number of hydrogen-bond acceptors (Lipinski definition) is 11. The van der Waals surface area contributed by atoms with E-state index < -0.39 is 0 Å². The van der Waals surface area contributed by atoms with Crippen LogP contribution >= 0.6 is 0 Å². The monoisotopic (exact) mass is 730 g/mol. The molecule has 0 aliphatic heterocycles. The van der Waals surface area contributed by atoms with E-state index in [-0.39, 0.29) is 44.8 Å². The molecule has 2 rings (SSSR count). The molecule has 0 amide bonds. The van der Waals surface area contributed by atoms with Gasteiger partial charge in [-0.25, -0.2) is 0 Å². The minimum Gasteiger partial charge on any atom is -0.496 e. The molecule has 0 saturated heterocycles. The van der Waals surface area contributed by atoms with Crippen LogP contribution < -0.4 is 28.4 Å². The van der Waals surface area contributed by atoms with Crippen LogP contribution in [0.2, 0.25) is 0 Å². The van der Waals surface area contributed by atoms with Gasteiger partial charge in [-0.2, -0.15) is 0 Å². The van der Waals surface area contributed by atoms with Crippen molar-refractivity contribution in [1.82, 2.24) is 0 Å². The third kappa shape index (κ3) is 17.0. The van der Waals surface area contributed by atoms with Crippen molar-refractivity contribution in [3.05, 3.63) is 70.8 Å². The molecule has 0 N–H and O–H groups in total. The van der Waals surface area contributed by atoms with Gasteiger partial charge in [0.05, 0.1) is 14.2 Å². The van der Waals surface area contributed by atoms with Crippen molar-refractivity contribution in [2.24, 2.45) is 11.8 Å². The van der Waals surface area contributed by atoms with Gasteiger partial charge < -0.3 is 47.4 Å². The Bertz CT molecular complexity index is 1260. The normalized spacial score (nSPS) is 11.6. The van der Waals surface area contributed by atoms with E-state index in [0.29, 0.717) is 47.3 Å². The second kappa shape index (κ2) is 25.8. The predicted octanol–water partition coefficient (Wildman–Crippen LogP) is 8.52. The van der Waals surface area contributed by atoms with E-state index in [4.69, 9.17) is 47.4 Å². The number of ketones is 1. The molecule has 292 valence electrons. The van der Waals surface area contributed by atoms with E-state index >= 15 is 0 Å². The molecule has 0 radical (unpaired) electrons. The molecular weight excluding hydrogens is 668 g/mol. The van der Waals surface area contributed by atoms with Crippen LogP contribution in [0, 0.1) is 11.8 Å². The van der Waals surface area contributed by atoms with E-state index in [9.17, 15) is 4.79 Å². The Kier molecular flexibility index (Phi) is 22.9. The summed E-state index contributed by atoms with van der Waals surface area (Å²) in [6.45, 7) is 16.5. The molecule has 11 nitrogen and oxygen atoms in total. The van der Waals surface area contributed by atoms with Gasteiger partial charge >= 0.3 is 0 Å². The van der Waals surface area contributed by atoms with Crippen LogP contribution in [0.5, 0.6) is 34.5 Å². The Morgan fingerprint density at radius 3 is 1.12 bits per heavy atom. The number of hydrogen-bond donors (Lipinski definition) is 0. The predicted molar refractivity (Wildman–Crippen MR) is 204 cm³/mol. The number of ether oxygens (including phenoxy) is 10. The first-order valence-electron chi connectivity index (χ1n) is 17.2. The molecule has 2 unspecified atom stereocenters. The Hall–Kier alpha value is -4.03. The Morgan fingerprint density at radius 2 is 0.865 bits per heavy atom. The van der Waals surface area contributed by atoms with Crippen LogP contribution in [0.4, 0.5) is 0 Å². The lowest BCUT2D eigenvalue weighted by molar-refractivity contribution is -0.120. The second-order valence-electron chi connectivity index (χ2n) is 12.7. The average molecular weight is 731 g/mol. The lowest BCUT2D eigenvalue weighted by Gasteiger charge is -2.21. The highest BCUT2D eigenvalue weighted by Crippen LogP contribution is 2.39. The largest absolute Gasteiger partial charge is 0.496 e. The number of Topliss-reactive ketones (excluding diaryl/α,β-unsaturated/α-hetero) is 1. The van der Waals surface area contributed by atoms with Crippen molar-refractivity contribution >= 4 is 5.78 Å². The Morgan fingerprint density at radius 1 is 0.558 bits per heavy atom. The fourth-order valence-electron chi connectivity index (χ4n) is 4.93. The zero-order valence-corrected chi connectivity index (χ0v) is 33.5. The SMILES string of the molecule is C=C(C)C(CC=C(C)C)Cc1c(OCOC)cc(OC)cc1OCOC.COCOc1cc(OC)cc(OCOC)c1CC(CC=C(C)C)C(C)=O. The molecule has 11 heteroatoms. The number of methoxy groups -OCH3 is 6. The minimum absolute atomic E-state index is 0.0859. The molecule has 0 saturated carbocycles. The van der Waals surface area contributed by atoms with Crippen molar-refractivity contribution in [1.29, 1.82) is 0 Å². The average Bonchev–Trinajstić information content (AvgIpc) is 3.11. The molecule has 0 spiro atoms. The first-order valence-corrected chi connectivity index (χ1v) is 17.2. The number of benzene rings is 2. The van der Waals surface area contributed by atoms with Crippen molar-refractivity contribution < 1.29 is 52.2 Å². The van der Waals surface area contributed by atoms with Crippen LogP contribution in [0.15, 0.2) is 59.7 Å². The van der Waals surface area contributed by atoms with Crippen LogP contribution in [0.1, 0.15) is 65.5 Å². The third-order valence-electron chi connectivity index (χ3n) is 7.88. The van der Waals surface area contributed by atoms with Gasteiger partial charge in [0.1, 0.15) is 40.3 Å². The highest BCUT2D eigenvalue weighted by Gasteiger charge is 2.22. The van der Waals surface area contributed by atoms with Crippen LogP contribution in [0.3, 0.4) is 0 Å². The van der Waals surface area contributed by atoms with Crippen molar-refractivity contribution in [2.75, 3.05) is 69.8 Å². The quantitative estimate of drug-likeness (QED) is 0.0766. The van der Waals surface area contributed by atoms with Crippen LogP contribution in [-0.4, -0.2) is 75.6 Å². The molecule has 0 aromatic heterocycles. The maximum atomic E-state index is 12.1. The topological polar surface area (TPSA) is 109 Å². The molecule has 2 aromatic carbocycles. The zero-order chi connectivity index (χ0) is 39.1. The number of carbonyl (C=O) groups excluding carboxylic acids is 1. The third-order valence-corrected chi connectivity index (χ3v) is 7.88. The van der Waals surface area contributed by atoms with Crippen LogP contribution in [-0.2, 0) is 36.6 Å². The summed E-state index contributed by atoms with van der Waals surface area (Å²) in [5.41, 5.74) is 5.33. The van der Waals surface area contributed by atoms with E-state index in [1.807, 2.05) is 26.0 Å². The van der Waals surface area contributed by atoms with Gasteiger partial charge in [-0.3, -0.25) is 4.79 Å². The maximum Gasteiger partial charge on any atom is 0.188 e. The van der Waals surface area contributed by atoms with Crippen molar-refractivity contribution in [2.45, 2.75) is 67.2 Å². The fraction of sp³-hybridized carbons (Fsp3) is 0.537. The van der Waals surface area contributed by atoms with E-state index in [1.165, 1.54) is 11.1 Å². The van der Waals surface area contributed by atoms with Crippen molar-refractivity contribution in [3.8, 4) is 34.5 Å². The number of carbonyl (C=O) groups is 1. The highest BCUT2D eigenvalue weighted by atomic mass is 16.7. The maximum absolute atomic E-state index is 12.1. The smallest absolute Gasteiger partial charge is 0.188 e. The molecular formula is C41H62O11. The van der Waals surface area contributed by atoms with Gasteiger partial charge in [-0.15, -0.1) is 0 Å². The highest BCUT2D eigenvalue weighted by molar-refractivity contribution is 5.79. The molecule has 0 aliphatic rings. The Balaban J connectivity index is 0.000000520. The van der Waals surface area contributed by atoms with Crippen LogP contribution in [0.25, 0.3) is 0 Å². The summed E-state index contributed by atoms with van der Waals surface area (Å²) in [4.78, 5) is 12.1. The van der Waals surface area contributed by atoms with Gasteiger partial charge in [-0.1, -0.05) is 35.5 Å². The second-order valence-corrected chi connectivity index (χ2v) is 12.7. The minimum atomic E-state index is -0.173. The van der Waals surface area contributed by atoms with E-state index in [2.05, 4.69) is 39.5 Å². The molecule has 2 aromatic rings. The molecule has 0 heterocycles. The van der Waals surface area contributed by atoms with Gasteiger partial charge in [-0.05, 0) is 73.1 Å². The zero-order valence-electron chi connectivity index (χ0n) is 33.5. The van der Waals surface area contributed by atoms with Gasteiger partial charge in [0.25, 0.3) is 0 Å². The summed E-state index contributed by atoms with van der Waals surface area (Å²) in [6.07, 6.45) is 7.10. The number of rotatable bonds is 24. The fourth-order valence-corrected chi connectivity index (χ4v) is 4.93.